The molecule has 13 heavy (non-hydrogen) atoms. The fourth-order valence-electron chi connectivity index (χ4n) is 1.28. The molecule has 0 saturated carbocycles. The minimum Gasteiger partial charge on any atom is -0.324 e. The Bertz CT molecular complexity index is 378. The zero-order valence-corrected chi connectivity index (χ0v) is 7.91. The van der Waals surface area contributed by atoms with Gasteiger partial charge in [0.25, 0.3) is 0 Å². The quantitative estimate of drug-likeness (QED) is 0.643. The summed E-state index contributed by atoms with van der Waals surface area (Å²) in [6, 6.07) is 12.2. The number of para-hydroxylation sites is 1. The number of nitrogens with zero attached hydrogens (tertiary/aromatic N) is 1. The molecule has 0 spiro atoms. The lowest BCUT2D eigenvalue weighted by molar-refractivity contribution is 1.07. The summed E-state index contributed by atoms with van der Waals surface area (Å²) in [6.45, 7) is 0. The number of aromatic nitrogens is 1. The molecule has 2 rings (SSSR count). The van der Waals surface area contributed by atoms with Crippen LogP contribution in [0, 0.1) is 0 Å². The van der Waals surface area contributed by atoms with Crippen LogP contribution in [0.2, 0.25) is 0 Å². The number of benzene rings is 1. The maximum atomic E-state index is 5.71. The summed E-state index contributed by atoms with van der Waals surface area (Å²) >= 11 is 5.71. The van der Waals surface area contributed by atoms with Gasteiger partial charge in [-0.05, 0) is 23.8 Å². The van der Waals surface area contributed by atoms with Crippen molar-refractivity contribution >= 4 is 11.6 Å². The van der Waals surface area contributed by atoms with Gasteiger partial charge in [0.2, 0.25) is 0 Å². The van der Waals surface area contributed by atoms with E-state index in [1.165, 1.54) is 5.69 Å². The largest absolute Gasteiger partial charge is 0.324 e. The van der Waals surface area contributed by atoms with E-state index >= 15 is 0 Å². The lowest BCUT2D eigenvalue weighted by Gasteiger charge is -2.00. The summed E-state index contributed by atoms with van der Waals surface area (Å²) in [7, 11) is 0. The van der Waals surface area contributed by atoms with Gasteiger partial charge in [0.05, 0.1) is 0 Å². The van der Waals surface area contributed by atoms with Crippen molar-refractivity contribution in [3.8, 4) is 5.69 Å². The van der Waals surface area contributed by atoms with Crippen LogP contribution in [0.4, 0.5) is 0 Å². The summed E-state index contributed by atoms with van der Waals surface area (Å²) in [5.41, 5.74) is 2.31. The van der Waals surface area contributed by atoms with E-state index in [9.17, 15) is 0 Å². The molecule has 2 heteroatoms. The number of hydrogen-bond donors (Lipinski definition) is 0. The number of hydrogen-bond acceptors (Lipinski definition) is 0. The van der Waals surface area contributed by atoms with Crippen molar-refractivity contribution in [3.63, 3.8) is 0 Å². The summed E-state index contributed by atoms with van der Waals surface area (Å²) in [5.74, 6) is 0.569. The molecule has 1 heterocycles. The van der Waals surface area contributed by atoms with E-state index in [0.29, 0.717) is 5.88 Å². The van der Waals surface area contributed by atoms with Crippen molar-refractivity contribution in [2.75, 3.05) is 0 Å². The minimum absolute atomic E-state index is 0.569. The van der Waals surface area contributed by atoms with E-state index in [1.807, 2.05) is 36.7 Å². The Morgan fingerprint density at radius 2 is 1.85 bits per heavy atom. The highest BCUT2D eigenvalue weighted by molar-refractivity contribution is 6.17. The summed E-state index contributed by atoms with van der Waals surface area (Å²) in [4.78, 5) is 0. The minimum atomic E-state index is 0.569. The highest BCUT2D eigenvalue weighted by Crippen LogP contribution is 2.11. The predicted molar refractivity (Wildman–Crippen MR) is 55.3 cm³/mol. The van der Waals surface area contributed by atoms with Gasteiger partial charge in [-0.1, -0.05) is 18.2 Å². The highest BCUT2D eigenvalue weighted by atomic mass is 35.5. The Kier molecular flexibility index (Phi) is 2.37. The molecule has 0 atom stereocenters. The maximum Gasteiger partial charge on any atom is 0.0489 e. The van der Waals surface area contributed by atoms with Crippen LogP contribution in [0.15, 0.2) is 48.8 Å². The summed E-state index contributed by atoms with van der Waals surface area (Å²) in [6.07, 6.45) is 4.06. The smallest absolute Gasteiger partial charge is 0.0489 e. The van der Waals surface area contributed by atoms with E-state index in [0.717, 1.165) is 5.56 Å². The molecule has 0 bridgehead atoms. The van der Waals surface area contributed by atoms with Crippen molar-refractivity contribution in [1.29, 1.82) is 0 Å². The first-order valence-electron chi connectivity index (χ1n) is 4.18. The molecule has 0 saturated heterocycles. The number of alkyl halides is 1. The molecular weight excluding hydrogens is 182 g/mol. The molecule has 0 amide bonds. The van der Waals surface area contributed by atoms with Crippen molar-refractivity contribution in [2.45, 2.75) is 5.88 Å². The fourth-order valence-corrected chi connectivity index (χ4v) is 1.44. The Morgan fingerprint density at radius 1 is 1.08 bits per heavy atom. The van der Waals surface area contributed by atoms with Gasteiger partial charge in [-0.15, -0.1) is 11.6 Å². The first-order valence-corrected chi connectivity index (χ1v) is 4.72. The van der Waals surface area contributed by atoms with E-state index in [1.54, 1.807) is 0 Å². The third kappa shape index (κ3) is 1.76. The third-order valence-electron chi connectivity index (χ3n) is 1.96. The molecule has 0 aliphatic carbocycles. The molecule has 0 unspecified atom stereocenters. The zero-order valence-electron chi connectivity index (χ0n) is 7.15. The van der Waals surface area contributed by atoms with Crippen molar-refractivity contribution in [2.24, 2.45) is 0 Å². The Balaban J connectivity index is 2.36. The van der Waals surface area contributed by atoms with E-state index < -0.39 is 0 Å². The normalized spacial score (nSPS) is 10.2. The second-order valence-electron chi connectivity index (χ2n) is 2.90. The Morgan fingerprint density at radius 3 is 2.46 bits per heavy atom. The van der Waals surface area contributed by atoms with E-state index in [4.69, 9.17) is 11.6 Å². The van der Waals surface area contributed by atoms with Crippen LogP contribution in [0.1, 0.15) is 5.56 Å². The molecule has 0 aliphatic heterocycles. The van der Waals surface area contributed by atoms with Crippen LogP contribution in [0.25, 0.3) is 5.69 Å². The van der Waals surface area contributed by atoms with Gasteiger partial charge < -0.3 is 4.57 Å². The monoisotopic (exact) mass is 191 g/mol. The summed E-state index contributed by atoms with van der Waals surface area (Å²) in [5, 5.41) is 0. The predicted octanol–water partition coefficient (Wildman–Crippen LogP) is 3.22. The highest BCUT2D eigenvalue weighted by Gasteiger charge is 1.96. The van der Waals surface area contributed by atoms with Crippen LogP contribution >= 0.6 is 11.6 Å². The second kappa shape index (κ2) is 3.67. The molecule has 1 aromatic carbocycles. The Labute approximate surface area is 82.6 Å². The fraction of sp³-hybridized carbons (Fsp3) is 0.0909. The molecule has 0 radical (unpaired) electrons. The Hall–Kier alpha value is -1.21. The molecule has 1 aromatic heterocycles. The molecule has 0 aliphatic rings. The second-order valence-corrected chi connectivity index (χ2v) is 3.16. The van der Waals surface area contributed by atoms with Gasteiger partial charge in [-0.3, -0.25) is 0 Å². The zero-order chi connectivity index (χ0) is 9.10. The van der Waals surface area contributed by atoms with Crippen LogP contribution in [0.5, 0.6) is 0 Å². The van der Waals surface area contributed by atoms with Crippen LogP contribution in [-0.2, 0) is 5.88 Å². The first kappa shape index (κ1) is 8.39. The topological polar surface area (TPSA) is 4.93 Å². The average Bonchev–Trinajstić information content (AvgIpc) is 2.67. The molecule has 2 aromatic rings. The van der Waals surface area contributed by atoms with Crippen molar-refractivity contribution < 1.29 is 0 Å². The van der Waals surface area contributed by atoms with Gasteiger partial charge in [-0.2, -0.15) is 0 Å². The van der Waals surface area contributed by atoms with Gasteiger partial charge in [0.15, 0.2) is 0 Å². The molecule has 0 fully saturated rings. The van der Waals surface area contributed by atoms with Crippen LogP contribution < -0.4 is 0 Å². The third-order valence-corrected chi connectivity index (χ3v) is 2.27. The van der Waals surface area contributed by atoms with Gasteiger partial charge in [-0.25, -0.2) is 0 Å². The SMILES string of the molecule is ClCc1ccn(-c2ccccc2)c1. The molecule has 1 nitrogen and oxygen atoms in total. The number of rotatable bonds is 2. The molecular formula is C11H10ClN. The van der Waals surface area contributed by atoms with Gasteiger partial charge in [0.1, 0.15) is 0 Å². The lowest BCUT2D eigenvalue weighted by Crippen LogP contribution is -1.87. The number of halogens is 1. The standard InChI is InChI=1S/C11H10ClN/c12-8-10-6-7-13(9-10)11-4-2-1-3-5-11/h1-7,9H,8H2. The van der Waals surface area contributed by atoms with Gasteiger partial charge in [0, 0.05) is 24.0 Å². The molecule has 0 N–H and O–H groups in total. The van der Waals surface area contributed by atoms with Gasteiger partial charge >= 0.3 is 0 Å². The maximum absolute atomic E-state index is 5.71. The van der Waals surface area contributed by atoms with Crippen LogP contribution in [0.3, 0.4) is 0 Å². The van der Waals surface area contributed by atoms with Crippen molar-refractivity contribution in [3.05, 3.63) is 54.4 Å². The van der Waals surface area contributed by atoms with Crippen LogP contribution in [-0.4, -0.2) is 4.57 Å². The average molecular weight is 192 g/mol. The summed E-state index contributed by atoms with van der Waals surface area (Å²) < 4.78 is 2.07. The van der Waals surface area contributed by atoms with E-state index in [2.05, 4.69) is 16.7 Å². The molecule has 66 valence electrons. The first-order chi connectivity index (χ1) is 6.40. The van der Waals surface area contributed by atoms with Crippen molar-refractivity contribution in [1.82, 2.24) is 4.57 Å². The lowest BCUT2D eigenvalue weighted by atomic mass is 10.3. The van der Waals surface area contributed by atoms with E-state index in [-0.39, 0.29) is 0 Å².